The smallest absolute Gasteiger partial charge is 0.319 e. The molecule has 2 aliphatic rings. The number of ether oxygens (including phenoxy) is 1. The maximum absolute atomic E-state index is 16.4. The normalized spacial score (nSPS) is 18.0. The number of aromatic nitrogens is 3. The quantitative estimate of drug-likeness (QED) is 0.309. The van der Waals surface area contributed by atoms with Crippen LogP contribution in [-0.2, 0) is 4.79 Å². The van der Waals surface area contributed by atoms with Crippen molar-refractivity contribution in [1.82, 2.24) is 24.8 Å². The third kappa shape index (κ3) is 4.84. The second-order valence-electron chi connectivity index (χ2n) is 10.3. The Hall–Kier alpha value is -3.82. The largest absolute Gasteiger partial charge is 0.462 e. The predicted octanol–water partition coefficient (Wildman–Crippen LogP) is 4.95. The Balaban J connectivity index is 1.44. The predicted molar refractivity (Wildman–Crippen MR) is 155 cm³/mol. The van der Waals surface area contributed by atoms with Gasteiger partial charge in [0.1, 0.15) is 23.6 Å². The van der Waals surface area contributed by atoms with Gasteiger partial charge >= 0.3 is 6.01 Å². The van der Waals surface area contributed by atoms with Crippen LogP contribution in [-0.4, -0.2) is 83.1 Å². The van der Waals surface area contributed by atoms with E-state index < -0.39 is 5.82 Å². The third-order valence-corrected chi connectivity index (χ3v) is 8.21. The maximum Gasteiger partial charge on any atom is 0.319 e. The summed E-state index contributed by atoms with van der Waals surface area (Å²) in [6, 6.07) is 11.6. The number of pyridine rings is 1. The first-order chi connectivity index (χ1) is 19.4. The highest BCUT2D eigenvalue weighted by molar-refractivity contribution is 6.36. The number of halogens is 2. The number of fused-ring (bicyclic) bond motifs is 2. The van der Waals surface area contributed by atoms with Gasteiger partial charge in [-0.1, -0.05) is 48.5 Å². The Kier molecular flexibility index (Phi) is 7.25. The zero-order valence-electron chi connectivity index (χ0n) is 22.3. The van der Waals surface area contributed by atoms with E-state index >= 15 is 4.39 Å². The second-order valence-corrected chi connectivity index (χ2v) is 10.7. The van der Waals surface area contributed by atoms with Crippen LogP contribution in [0.3, 0.4) is 0 Å². The molecule has 0 radical (unpaired) electrons. The van der Waals surface area contributed by atoms with Gasteiger partial charge in [0, 0.05) is 54.4 Å². The molecule has 2 aromatic carbocycles. The number of carbonyl (C=O) groups is 1. The van der Waals surface area contributed by atoms with Crippen LogP contribution in [0.5, 0.6) is 6.01 Å². The van der Waals surface area contributed by atoms with Crippen molar-refractivity contribution in [3.05, 3.63) is 66.1 Å². The van der Waals surface area contributed by atoms with Gasteiger partial charge in [-0.2, -0.15) is 9.97 Å². The van der Waals surface area contributed by atoms with Crippen molar-refractivity contribution >= 4 is 45.0 Å². The van der Waals surface area contributed by atoms with Gasteiger partial charge in [-0.05, 0) is 44.0 Å². The molecule has 6 rings (SSSR count). The summed E-state index contributed by atoms with van der Waals surface area (Å²) in [5.41, 5.74) is 0.895. The summed E-state index contributed by atoms with van der Waals surface area (Å²) >= 11 is 6.55. The summed E-state index contributed by atoms with van der Waals surface area (Å²) < 4.78 is 22.5. The van der Waals surface area contributed by atoms with Gasteiger partial charge in [0.25, 0.3) is 0 Å². The molecule has 0 saturated carbocycles. The molecule has 0 spiro atoms. The van der Waals surface area contributed by atoms with Gasteiger partial charge in [0.2, 0.25) is 5.91 Å². The number of carbonyl (C=O) groups excluding carboxylic acids is 1. The molecule has 40 heavy (non-hydrogen) atoms. The first kappa shape index (κ1) is 26.4. The number of rotatable bonds is 6. The molecule has 2 aromatic heterocycles. The van der Waals surface area contributed by atoms with E-state index in [1.807, 2.05) is 35.2 Å². The lowest BCUT2D eigenvalue weighted by molar-refractivity contribution is -0.126. The van der Waals surface area contributed by atoms with Gasteiger partial charge in [0.15, 0.2) is 5.82 Å². The molecule has 2 aliphatic heterocycles. The van der Waals surface area contributed by atoms with E-state index in [1.54, 1.807) is 17.2 Å². The average Bonchev–Trinajstić information content (AvgIpc) is 3.40. The van der Waals surface area contributed by atoms with E-state index in [1.165, 1.54) is 6.08 Å². The van der Waals surface area contributed by atoms with Crippen molar-refractivity contribution in [3.8, 4) is 17.3 Å². The van der Waals surface area contributed by atoms with Crippen molar-refractivity contribution in [1.29, 1.82) is 0 Å². The second kappa shape index (κ2) is 11.0. The highest BCUT2D eigenvalue weighted by atomic mass is 35.5. The Labute approximate surface area is 237 Å². The molecular weight excluding hydrogens is 531 g/mol. The van der Waals surface area contributed by atoms with Gasteiger partial charge in [-0.25, -0.2) is 4.39 Å². The molecule has 1 atom stereocenters. The highest BCUT2D eigenvalue weighted by Gasteiger charge is 2.27. The Morgan fingerprint density at radius 1 is 1.15 bits per heavy atom. The number of likely N-dealkylation sites (N-methyl/N-ethyl adjacent to an activating group) is 1. The van der Waals surface area contributed by atoms with E-state index in [0.29, 0.717) is 54.6 Å². The SMILES string of the molecule is C=CC(=O)N1CCN(c2nc(OC[C@@H]3CCCN3C)nc3c(F)c(-c4cccc5cccc(Cl)c45)ncc23)CC1. The fourth-order valence-electron chi connectivity index (χ4n) is 5.64. The molecule has 0 bridgehead atoms. The van der Waals surface area contributed by atoms with Crippen molar-refractivity contribution in [2.75, 3.05) is 51.3 Å². The number of amides is 1. The number of hydrogen-bond acceptors (Lipinski definition) is 7. The first-order valence-electron chi connectivity index (χ1n) is 13.5. The molecule has 2 fully saturated rings. The van der Waals surface area contributed by atoms with Crippen molar-refractivity contribution in [2.24, 2.45) is 0 Å². The molecule has 10 heteroatoms. The van der Waals surface area contributed by atoms with Crippen LogP contribution in [0.25, 0.3) is 32.9 Å². The number of benzene rings is 2. The van der Waals surface area contributed by atoms with Gasteiger partial charge in [-0.15, -0.1) is 0 Å². The van der Waals surface area contributed by atoms with Gasteiger partial charge < -0.3 is 19.4 Å². The number of hydrogen-bond donors (Lipinski definition) is 0. The first-order valence-corrected chi connectivity index (χ1v) is 13.9. The Bertz CT molecular complexity index is 1600. The molecule has 0 unspecified atom stereocenters. The minimum atomic E-state index is -0.558. The molecule has 8 nitrogen and oxygen atoms in total. The lowest BCUT2D eigenvalue weighted by Gasteiger charge is -2.35. The fourth-order valence-corrected chi connectivity index (χ4v) is 5.92. The van der Waals surface area contributed by atoms with Gasteiger partial charge in [0.05, 0.1) is 5.39 Å². The van der Waals surface area contributed by atoms with Crippen LogP contribution >= 0.6 is 11.6 Å². The molecular formula is C30H30ClFN6O2. The number of piperazine rings is 1. The van der Waals surface area contributed by atoms with Crippen LogP contribution in [0.15, 0.2) is 55.3 Å². The summed E-state index contributed by atoms with van der Waals surface area (Å²) in [6.45, 7) is 7.08. The molecule has 0 N–H and O–H groups in total. The minimum absolute atomic E-state index is 0.108. The molecule has 0 aliphatic carbocycles. The zero-order valence-corrected chi connectivity index (χ0v) is 23.1. The van der Waals surface area contributed by atoms with Crippen LogP contribution in [0.4, 0.5) is 10.2 Å². The van der Waals surface area contributed by atoms with Crippen LogP contribution in [0.2, 0.25) is 5.02 Å². The summed E-state index contributed by atoms with van der Waals surface area (Å²) in [5, 5.41) is 2.64. The van der Waals surface area contributed by atoms with E-state index in [9.17, 15) is 4.79 Å². The molecule has 4 aromatic rings. The monoisotopic (exact) mass is 560 g/mol. The summed E-state index contributed by atoms with van der Waals surface area (Å²) in [5.74, 6) is -0.126. The van der Waals surface area contributed by atoms with Crippen molar-refractivity contribution < 1.29 is 13.9 Å². The number of anilines is 1. The minimum Gasteiger partial charge on any atom is -0.462 e. The van der Waals surface area contributed by atoms with Crippen LogP contribution in [0.1, 0.15) is 12.8 Å². The molecule has 4 heterocycles. The third-order valence-electron chi connectivity index (χ3n) is 7.89. The highest BCUT2D eigenvalue weighted by Crippen LogP contribution is 2.37. The summed E-state index contributed by atoms with van der Waals surface area (Å²) in [7, 11) is 2.07. The number of nitrogens with zero attached hydrogens (tertiary/aromatic N) is 6. The topological polar surface area (TPSA) is 74.7 Å². The Morgan fingerprint density at radius 3 is 2.65 bits per heavy atom. The molecule has 1 amide bonds. The van der Waals surface area contributed by atoms with Crippen molar-refractivity contribution in [2.45, 2.75) is 18.9 Å². The summed E-state index contributed by atoms with van der Waals surface area (Å²) in [4.78, 5) is 32.0. The van der Waals surface area contributed by atoms with Gasteiger partial charge in [-0.3, -0.25) is 9.78 Å². The molecule has 206 valence electrons. The van der Waals surface area contributed by atoms with E-state index in [2.05, 4.69) is 28.5 Å². The lowest BCUT2D eigenvalue weighted by atomic mass is 10.0. The van der Waals surface area contributed by atoms with Crippen LogP contribution in [0, 0.1) is 5.82 Å². The summed E-state index contributed by atoms with van der Waals surface area (Å²) in [6.07, 6.45) is 5.08. The number of likely N-dealkylation sites (tertiary alicyclic amines) is 1. The van der Waals surface area contributed by atoms with E-state index in [4.69, 9.17) is 21.3 Å². The lowest BCUT2D eigenvalue weighted by Crippen LogP contribution is -2.48. The van der Waals surface area contributed by atoms with E-state index in [-0.39, 0.29) is 29.2 Å². The maximum atomic E-state index is 16.4. The Morgan fingerprint density at radius 2 is 1.93 bits per heavy atom. The average molecular weight is 561 g/mol. The fraction of sp³-hybridized carbons (Fsp3) is 0.333. The van der Waals surface area contributed by atoms with Crippen molar-refractivity contribution in [3.63, 3.8) is 0 Å². The zero-order chi connectivity index (χ0) is 27.8. The standard InChI is InChI=1S/C30H30ClFN6O2/c1-3-24(39)37-13-15-38(16-14-37)29-22-17-33-27(21-10-4-7-19-8-5-11-23(31)25(19)21)26(32)28(22)34-30(35-29)40-18-20-9-6-12-36(20)2/h3-5,7-8,10-11,17,20H,1,6,9,12-16,18H2,2H3/t20-/m0/s1. The van der Waals surface area contributed by atoms with E-state index in [0.717, 1.165) is 30.2 Å². The molecule has 2 saturated heterocycles. The van der Waals surface area contributed by atoms with Crippen LogP contribution < -0.4 is 9.64 Å².